The maximum Gasteiger partial charge on any atom is 0.387 e. The highest BCUT2D eigenvalue weighted by molar-refractivity contribution is 5.91. The summed E-state index contributed by atoms with van der Waals surface area (Å²) >= 11 is 0. The van der Waals surface area contributed by atoms with Crippen LogP contribution in [0.25, 0.3) is 6.08 Å². The molecule has 0 radical (unpaired) electrons. The van der Waals surface area contributed by atoms with E-state index >= 15 is 0 Å². The molecular weight excluding hydrogens is 280 g/mol. The number of carbonyl (C=O) groups excluding carboxylic acids is 1. The number of ether oxygens (including phenoxy) is 2. The van der Waals surface area contributed by atoms with Crippen molar-refractivity contribution in [1.82, 2.24) is 5.32 Å². The van der Waals surface area contributed by atoms with Crippen LogP contribution in [0.3, 0.4) is 0 Å². The van der Waals surface area contributed by atoms with Crippen molar-refractivity contribution in [2.45, 2.75) is 32.9 Å². The molecule has 21 heavy (non-hydrogen) atoms. The summed E-state index contributed by atoms with van der Waals surface area (Å²) < 4.78 is 33.7. The molecule has 1 rings (SSSR count). The summed E-state index contributed by atoms with van der Waals surface area (Å²) in [6.45, 7) is 0.966. The third-order valence-electron chi connectivity index (χ3n) is 2.83. The van der Waals surface area contributed by atoms with Gasteiger partial charge in [-0.15, -0.1) is 0 Å². The zero-order chi connectivity index (χ0) is 15.8. The van der Waals surface area contributed by atoms with Crippen molar-refractivity contribution in [3.8, 4) is 11.5 Å². The Hall–Kier alpha value is -2.11. The smallest absolute Gasteiger partial charge is 0.387 e. The molecule has 0 heterocycles. The number of halogens is 2. The largest absolute Gasteiger partial charge is 0.493 e. The van der Waals surface area contributed by atoms with Gasteiger partial charge < -0.3 is 14.8 Å². The minimum absolute atomic E-state index is 0.0475. The Morgan fingerprint density at radius 3 is 2.67 bits per heavy atom. The first-order chi connectivity index (χ1) is 9.96. The van der Waals surface area contributed by atoms with Crippen molar-refractivity contribution in [2.75, 3.05) is 7.11 Å². The molecule has 1 N–H and O–H groups in total. The Bertz CT molecular complexity index is 504. The standard InChI is InChI=1S/C15H19F2NO3/c1-4-10(2)18-14(19)8-6-11-5-7-12(21-15(16)17)13(9-11)20-3/h5-10,15H,4H2,1-3H3,(H,18,19)/b8-6+/t10-/m1/s1. The summed E-state index contributed by atoms with van der Waals surface area (Å²) in [6.07, 6.45) is 3.80. The number of nitrogens with one attached hydrogen (secondary N) is 1. The van der Waals surface area contributed by atoms with Crippen LogP contribution in [-0.4, -0.2) is 25.7 Å². The van der Waals surface area contributed by atoms with E-state index in [0.717, 1.165) is 6.42 Å². The minimum atomic E-state index is -2.92. The number of amides is 1. The number of alkyl halides is 2. The van der Waals surface area contributed by atoms with Gasteiger partial charge in [0.25, 0.3) is 0 Å². The lowest BCUT2D eigenvalue weighted by Gasteiger charge is -2.10. The van der Waals surface area contributed by atoms with E-state index in [1.54, 1.807) is 12.1 Å². The minimum Gasteiger partial charge on any atom is -0.493 e. The van der Waals surface area contributed by atoms with Crippen LogP contribution in [0, 0.1) is 0 Å². The Balaban J connectivity index is 2.78. The van der Waals surface area contributed by atoms with Crippen molar-refractivity contribution in [3.05, 3.63) is 29.8 Å². The van der Waals surface area contributed by atoms with E-state index in [1.165, 1.54) is 25.3 Å². The predicted octanol–water partition coefficient (Wildman–Crippen LogP) is 3.22. The van der Waals surface area contributed by atoms with Crippen LogP contribution in [0.15, 0.2) is 24.3 Å². The van der Waals surface area contributed by atoms with Gasteiger partial charge in [0.1, 0.15) is 0 Å². The Labute approximate surface area is 122 Å². The topological polar surface area (TPSA) is 47.6 Å². The number of hydrogen-bond donors (Lipinski definition) is 1. The second kappa shape index (κ2) is 8.24. The van der Waals surface area contributed by atoms with Gasteiger partial charge in [-0.05, 0) is 37.1 Å². The zero-order valence-corrected chi connectivity index (χ0v) is 12.2. The molecule has 116 valence electrons. The van der Waals surface area contributed by atoms with Crippen LogP contribution >= 0.6 is 0 Å². The van der Waals surface area contributed by atoms with E-state index < -0.39 is 6.61 Å². The van der Waals surface area contributed by atoms with E-state index in [0.29, 0.717) is 5.56 Å². The molecule has 0 aliphatic rings. The lowest BCUT2D eigenvalue weighted by molar-refractivity contribution is -0.117. The van der Waals surface area contributed by atoms with Gasteiger partial charge in [0.2, 0.25) is 5.91 Å². The second-order valence-corrected chi connectivity index (χ2v) is 4.44. The average molecular weight is 299 g/mol. The fourth-order valence-electron chi connectivity index (χ4n) is 1.55. The average Bonchev–Trinajstić information content (AvgIpc) is 2.45. The molecule has 0 saturated heterocycles. The van der Waals surface area contributed by atoms with Gasteiger partial charge in [-0.1, -0.05) is 13.0 Å². The molecule has 0 fully saturated rings. The van der Waals surface area contributed by atoms with Crippen molar-refractivity contribution < 1.29 is 23.0 Å². The number of carbonyl (C=O) groups is 1. The van der Waals surface area contributed by atoms with E-state index in [9.17, 15) is 13.6 Å². The summed E-state index contributed by atoms with van der Waals surface area (Å²) in [5, 5.41) is 2.79. The Kier molecular flexibility index (Phi) is 6.65. The van der Waals surface area contributed by atoms with Crippen LogP contribution in [0.4, 0.5) is 8.78 Å². The highest BCUT2D eigenvalue weighted by Crippen LogP contribution is 2.29. The molecule has 0 bridgehead atoms. The van der Waals surface area contributed by atoms with Crippen molar-refractivity contribution >= 4 is 12.0 Å². The normalized spacial score (nSPS) is 12.5. The first-order valence-corrected chi connectivity index (χ1v) is 6.57. The SMILES string of the molecule is CC[C@@H](C)NC(=O)/C=C/c1ccc(OC(F)F)c(OC)c1. The third-order valence-corrected chi connectivity index (χ3v) is 2.83. The van der Waals surface area contributed by atoms with Gasteiger partial charge in [-0.3, -0.25) is 4.79 Å². The number of benzene rings is 1. The van der Waals surface area contributed by atoms with E-state index in [2.05, 4.69) is 10.1 Å². The molecule has 0 aromatic heterocycles. The number of hydrogen-bond acceptors (Lipinski definition) is 3. The molecule has 1 aromatic carbocycles. The van der Waals surface area contributed by atoms with Crippen molar-refractivity contribution in [3.63, 3.8) is 0 Å². The summed E-state index contributed by atoms with van der Waals surface area (Å²) in [5.74, 6) is -0.0790. The summed E-state index contributed by atoms with van der Waals surface area (Å²) in [4.78, 5) is 11.6. The molecule has 4 nitrogen and oxygen atoms in total. The summed E-state index contributed by atoms with van der Waals surface area (Å²) in [7, 11) is 1.36. The van der Waals surface area contributed by atoms with Gasteiger partial charge >= 0.3 is 6.61 Å². The highest BCUT2D eigenvalue weighted by atomic mass is 19.3. The van der Waals surface area contributed by atoms with Gasteiger partial charge in [-0.2, -0.15) is 8.78 Å². The van der Waals surface area contributed by atoms with E-state index in [4.69, 9.17) is 4.74 Å². The molecule has 0 aliphatic heterocycles. The molecule has 1 amide bonds. The van der Waals surface area contributed by atoms with Crippen LogP contribution < -0.4 is 14.8 Å². The third kappa shape index (κ3) is 5.81. The Morgan fingerprint density at radius 2 is 2.10 bits per heavy atom. The first-order valence-electron chi connectivity index (χ1n) is 6.57. The lowest BCUT2D eigenvalue weighted by Crippen LogP contribution is -2.30. The van der Waals surface area contributed by atoms with Crippen molar-refractivity contribution in [2.24, 2.45) is 0 Å². The maximum atomic E-state index is 12.2. The van der Waals surface area contributed by atoms with Gasteiger partial charge in [0.05, 0.1) is 7.11 Å². The first kappa shape index (κ1) is 16.9. The van der Waals surface area contributed by atoms with Crippen LogP contribution in [0.2, 0.25) is 0 Å². The molecule has 0 spiro atoms. The fourth-order valence-corrected chi connectivity index (χ4v) is 1.55. The number of rotatable bonds is 7. The monoisotopic (exact) mass is 299 g/mol. The van der Waals surface area contributed by atoms with E-state index in [-0.39, 0.29) is 23.4 Å². The van der Waals surface area contributed by atoms with Gasteiger partial charge in [0.15, 0.2) is 11.5 Å². The summed E-state index contributed by atoms with van der Waals surface area (Å²) in [6, 6.07) is 4.55. The highest BCUT2D eigenvalue weighted by Gasteiger charge is 2.10. The van der Waals surface area contributed by atoms with Crippen LogP contribution in [0.5, 0.6) is 11.5 Å². The van der Waals surface area contributed by atoms with Gasteiger partial charge in [0, 0.05) is 12.1 Å². The van der Waals surface area contributed by atoms with Crippen LogP contribution in [-0.2, 0) is 4.79 Å². The maximum absolute atomic E-state index is 12.2. The lowest BCUT2D eigenvalue weighted by atomic mass is 10.2. The fraction of sp³-hybridized carbons (Fsp3) is 0.400. The summed E-state index contributed by atoms with van der Waals surface area (Å²) in [5.41, 5.74) is 0.646. The molecule has 0 unspecified atom stereocenters. The quantitative estimate of drug-likeness (QED) is 0.786. The van der Waals surface area contributed by atoms with Crippen LogP contribution in [0.1, 0.15) is 25.8 Å². The molecular formula is C15H19F2NO3. The van der Waals surface area contributed by atoms with E-state index in [1.807, 2.05) is 13.8 Å². The van der Waals surface area contributed by atoms with Gasteiger partial charge in [-0.25, -0.2) is 0 Å². The zero-order valence-electron chi connectivity index (χ0n) is 12.2. The predicted molar refractivity (Wildman–Crippen MR) is 76.6 cm³/mol. The molecule has 0 aliphatic carbocycles. The molecule has 1 atom stereocenters. The molecule has 0 saturated carbocycles. The second-order valence-electron chi connectivity index (χ2n) is 4.44. The molecule has 6 heteroatoms. The molecule has 1 aromatic rings. The Morgan fingerprint density at radius 1 is 1.38 bits per heavy atom. The number of methoxy groups -OCH3 is 1. The van der Waals surface area contributed by atoms with Crippen molar-refractivity contribution in [1.29, 1.82) is 0 Å².